The van der Waals surface area contributed by atoms with Crippen LogP contribution in [-0.2, 0) is 21.7 Å². The number of carbonyl (C=O) groups excluding carboxylic acids is 1. The lowest BCUT2D eigenvalue weighted by Crippen LogP contribution is -2.44. The van der Waals surface area contributed by atoms with E-state index < -0.39 is 17.7 Å². The number of hydrogen-bond acceptors (Lipinski definition) is 4. The lowest BCUT2D eigenvalue weighted by molar-refractivity contribution is -0.134. The molecule has 2 aromatic rings. The van der Waals surface area contributed by atoms with Gasteiger partial charge in [-0.05, 0) is 11.6 Å². The summed E-state index contributed by atoms with van der Waals surface area (Å²) in [5, 5.41) is 18.5. The molecule has 0 saturated carbocycles. The molecule has 2 aromatic carbocycles. The number of rotatable bonds is 4. The van der Waals surface area contributed by atoms with Crippen LogP contribution in [0.5, 0.6) is 0 Å². The van der Waals surface area contributed by atoms with Crippen LogP contribution in [0.4, 0.5) is 10.5 Å². The van der Waals surface area contributed by atoms with Gasteiger partial charge in [0.1, 0.15) is 0 Å². The molecule has 6 heteroatoms. The molecular formula is C19H14N2O4. The summed E-state index contributed by atoms with van der Waals surface area (Å²) in [6, 6.07) is 17.7. The highest BCUT2D eigenvalue weighted by Crippen LogP contribution is 2.47. The minimum atomic E-state index is -2.05. The number of carboxylic acid groups (broad SMARTS) is 1. The summed E-state index contributed by atoms with van der Waals surface area (Å²) in [5.41, 5.74) is -0.674. The molecule has 0 fully saturated rings. The molecule has 0 aromatic heterocycles. The van der Waals surface area contributed by atoms with Crippen LogP contribution >= 0.6 is 0 Å². The van der Waals surface area contributed by atoms with Gasteiger partial charge in [0.2, 0.25) is 0 Å². The zero-order chi connectivity index (χ0) is 18.0. The fraction of sp³-hybridized carbons (Fsp3) is 0.105. The molecule has 1 aliphatic rings. The maximum atomic E-state index is 13.2. The minimum Gasteiger partial charge on any atom is -0.450 e. The van der Waals surface area contributed by atoms with Crippen molar-refractivity contribution in [2.75, 3.05) is 4.90 Å². The molecule has 124 valence electrons. The summed E-state index contributed by atoms with van der Waals surface area (Å²) in [4.78, 5) is 25.8. The molecule has 1 heterocycles. The van der Waals surface area contributed by atoms with Crippen molar-refractivity contribution in [3.63, 3.8) is 0 Å². The van der Waals surface area contributed by atoms with E-state index in [2.05, 4.69) is 6.58 Å². The molecule has 3 rings (SSSR count). The second-order valence-corrected chi connectivity index (χ2v) is 5.53. The molecule has 1 aliphatic heterocycles. The lowest BCUT2D eigenvalue weighted by Gasteiger charge is -2.26. The third-order valence-electron chi connectivity index (χ3n) is 4.10. The van der Waals surface area contributed by atoms with E-state index >= 15 is 0 Å². The van der Waals surface area contributed by atoms with Gasteiger partial charge in [-0.15, -0.1) is 0 Å². The Morgan fingerprint density at radius 3 is 2.48 bits per heavy atom. The van der Waals surface area contributed by atoms with E-state index in [1.54, 1.807) is 30.3 Å². The fourth-order valence-corrected chi connectivity index (χ4v) is 3.01. The maximum Gasteiger partial charge on any atom is 0.507 e. The van der Waals surface area contributed by atoms with Gasteiger partial charge in [0.05, 0.1) is 23.9 Å². The molecule has 0 aliphatic carbocycles. The maximum absolute atomic E-state index is 13.2. The van der Waals surface area contributed by atoms with Gasteiger partial charge in [0.25, 0.3) is 11.5 Å². The van der Waals surface area contributed by atoms with Crippen molar-refractivity contribution < 1.29 is 19.4 Å². The molecule has 0 radical (unpaired) electrons. The summed E-state index contributed by atoms with van der Waals surface area (Å²) >= 11 is 0. The van der Waals surface area contributed by atoms with Crippen LogP contribution in [0, 0.1) is 11.3 Å². The SMILES string of the molecule is C=C(C#N)C1(OC(=O)O)C(=O)N(Cc2ccccc2)c2ccccc21. The van der Waals surface area contributed by atoms with Crippen molar-refractivity contribution in [2.24, 2.45) is 0 Å². The number of anilines is 1. The Morgan fingerprint density at radius 2 is 1.84 bits per heavy atom. The van der Waals surface area contributed by atoms with Crippen LogP contribution in [0.1, 0.15) is 11.1 Å². The van der Waals surface area contributed by atoms with E-state index in [1.807, 2.05) is 30.3 Å². The second kappa shape index (κ2) is 6.13. The summed E-state index contributed by atoms with van der Waals surface area (Å²) in [6.07, 6.45) is -1.65. The van der Waals surface area contributed by atoms with E-state index in [-0.39, 0.29) is 12.1 Å². The Labute approximate surface area is 144 Å². The van der Waals surface area contributed by atoms with E-state index in [4.69, 9.17) is 9.84 Å². The van der Waals surface area contributed by atoms with E-state index in [9.17, 15) is 14.9 Å². The highest BCUT2D eigenvalue weighted by molar-refractivity contribution is 6.10. The van der Waals surface area contributed by atoms with Gasteiger partial charge in [0, 0.05) is 5.56 Å². The van der Waals surface area contributed by atoms with Crippen molar-refractivity contribution >= 4 is 17.7 Å². The van der Waals surface area contributed by atoms with Crippen LogP contribution in [0.3, 0.4) is 0 Å². The second-order valence-electron chi connectivity index (χ2n) is 5.53. The van der Waals surface area contributed by atoms with Gasteiger partial charge in [-0.25, -0.2) is 4.79 Å². The number of ether oxygens (including phenoxy) is 1. The number of para-hydroxylation sites is 1. The van der Waals surface area contributed by atoms with Crippen molar-refractivity contribution in [1.82, 2.24) is 0 Å². The molecule has 25 heavy (non-hydrogen) atoms. The first-order valence-electron chi connectivity index (χ1n) is 7.47. The molecule has 0 saturated heterocycles. The molecule has 1 unspecified atom stereocenters. The normalized spacial score (nSPS) is 18.4. The van der Waals surface area contributed by atoms with Crippen LogP contribution < -0.4 is 4.90 Å². The number of hydrogen-bond donors (Lipinski definition) is 1. The Morgan fingerprint density at radius 1 is 1.20 bits per heavy atom. The average molecular weight is 334 g/mol. The molecule has 0 bridgehead atoms. The predicted molar refractivity (Wildman–Crippen MR) is 89.6 cm³/mol. The van der Waals surface area contributed by atoms with Gasteiger partial charge < -0.3 is 14.7 Å². The Bertz CT molecular complexity index is 901. The van der Waals surface area contributed by atoms with Gasteiger partial charge in [-0.2, -0.15) is 5.26 Å². The molecule has 0 spiro atoms. The highest BCUT2D eigenvalue weighted by atomic mass is 16.7. The molecule has 6 nitrogen and oxygen atoms in total. The number of carbonyl (C=O) groups is 2. The van der Waals surface area contributed by atoms with Gasteiger partial charge in [0.15, 0.2) is 0 Å². The zero-order valence-corrected chi connectivity index (χ0v) is 13.2. The van der Waals surface area contributed by atoms with E-state index in [1.165, 1.54) is 4.90 Å². The van der Waals surface area contributed by atoms with Crippen molar-refractivity contribution in [3.05, 3.63) is 77.9 Å². The topological polar surface area (TPSA) is 90.6 Å². The smallest absolute Gasteiger partial charge is 0.450 e. The summed E-state index contributed by atoms with van der Waals surface area (Å²) < 4.78 is 4.96. The number of nitriles is 1. The average Bonchev–Trinajstić information content (AvgIpc) is 2.85. The number of benzene rings is 2. The first-order valence-corrected chi connectivity index (χ1v) is 7.47. The van der Waals surface area contributed by atoms with Crippen molar-refractivity contribution in [3.8, 4) is 6.07 Å². The minimum absolute atomic E-state index is 0.222. The summed E-state index contributed by atoms with van der Waals surface area (Å²) in [7, 11) is 0. The van der Waals surface area contributed by atoms with Crippen molar-refractivity contribution in [2.45, 2.75) is 12.1 Å². The first kappa shape index (κ1) is 16.3. The Balaban J connectivity index is 2.15. The third-order valence-corrected chi connectivity index (χ3v) is 4.10. The van der Waals surface area contributed by atoms with Crippen LogP contribution in [-0.4, -0.2) is 17.2 Å². The molecule has 1 atom stereocenters. The van der Waals surface area contributed by atoms with Gasteiger partial charge >= 0.3 is 6.16 Å². The number of fused-ring (bicyclic) bond motifs is 1. The van der Waals surface area contributed by atoms with Crippen LogP contribution in [0.2, 0.25) is 0 Å². The third kappa shape index (κ3) is 2.52. The summed E-state index contributed by atoms with van der Waals surface area (Å²) in [6.45, 7) is 3.80. The quantitative estimate of drug-likeness (QED) is 0.685. The lowest BCUT2D eigenvalue weighted by atomic mass is 9.88. The largest absolute Gasteiger partial charge is 0.507 e. The van der Waals surface area contributed by atoms with Crippen LogP contribution in [0.25, 0.3) is 0 Å². The molecule has 1 amide bonds. The van der Waals surface area contributed by atoms with Gasteiger partial charge in [-0.3, -0.25) is 4.79 Å². The fourth-order valence-electron chi connectivity index (χ4n) is 3.01. The van der Waals surface area contributed by atoms with Crippen molar-refractivity contribution in [1.29, 1.82) is 5.26 Å². The summed E-state index contributed by atoms with van der Waals surface area (Å²) in [5.74, 6) is -0.647. The van der Waals surface area contributed by atoms with Crippen LogP contribution in [0.15, 0.2) is 66.7 Å². The molecule has 1 N–H and O–H groups in total. The zero-order valence-electron chi connectivity index (χ0n) is 13.2. The number of amides is 1. The van der Waals surface area contributed by atoms with E-state index in [0.29, 0.717) is 11.3 Å². The Kier molecular flexibility index (Phi) is 3.99. The first-order chi connectivity index (χ1) is 12.0. The number of nitrogens with zero attached hydrogens (tertiary/aromatic N) is 2. The molecular weight excluding hydrogens is 320 g/mol. The Hall–Kier alpha value is -3.59. The predicted octanol–water partition coefficient (Wildman–Crippen LogP) is 3.20. The monoisotopic (exact) mass is 334 g/mol. The highest BCUT2D eigenvalue weighted by Gasteiger charge is 2.56. The van der Waals surface area contributed by atoms with Gasteiger partial charge in [-0.1, -0.05) is 55.1 Å². The standard InChI is InChI=1S/C19H14N2O4/c1-13(11-20)19(25-18(23)24)15-9-5-6-10-16(15)21(17(19)22)12-14-7-3-2-4-8-14/h2-10H,1,12H2,(H,23,24). The van der Waals surface area contributed by atoms with E-state index in [0.717, 1.165) is 5.56 Å².